The van der Waals surface area contributed by atoms with E-state index in [4.69, 9.17) is 0 Å². The van der Waals surface area contributed by atoms with Crippen molar-refractivity contribution in [2.24, 2.45) is 0 Å². The van der Waals surface area contributed by atoms with Crippen LogP contribution in [0.25, 0.3) is 0 Å². The predicted octanol–water partition coefficient (Wildman–Crippen LogP) is 0.879. The highest BCUT2D eigenvalue weighted by atomic mass is 16.1. The normalized spacial score (nSPS) is 18.8. The molecule has 2 nitrogen and oxygen atoms in total. The van der Waals surface area contributed by atoms with Crippen molar-refractivity contribution in [3.8, 4) is 0 Å². The molecular weight excluding hydrogens is 114 g/mol. The molecule has 1 N–H and O–H groups in total. The highest BCUT2D eigenvalue weighted by Crippen LogP contribution is 2.16. The summed E-state index contributed by atoms with van der Waals surface area (Å²) in [5.74, 6) is 0.174. The molecule has 0 unspecified atom stereocenters. The van der Waals surface area contributed by atoms with Crippen molar-refractivity contribution in [2.75, 3.05) is 0 Å². The van der Waals surface area contributed by atoms with Gasteiger partial charge in [0.15, 0.2) is 0 Å². The molecule has 0 bridgehead atoms. The molecule has 0 aromatic rings. The van der Waals surface area contributed by atoms with Gasteiger partial charge in [-0.15, -0.1) is 0 Å². The van der Waals surface area contributed by atoms with Crippen LogP contribution >= 0.6 is 0 Å². The van der Waals surface area contributed by atoms with E-state index in [0.29, 0.717) is 12.5 Å². The summed E-state index contributed by atoms with van der Waals surface area (Å²) in [5.41, 5.74) is 0. The summed E-state index contributed by atoms with van der Waals surface area (Å²) in [7, 11) is 0. The van der Waals surface area contributed by atoms with E-state index in [2.05, 4.69) is 11.7 Å². The van der Waals surface area contributed by atoms with E-state index in [1.165, 1.54) is 0 Å². The van der Waals surface area contributed by atoms with E-state index in [1.54, 1.807) is 0 Å². The van der Waals surface area contributed by atoms with Gasteiger partial charge in [0, 0.05) is 12.5 Å². The van der Waals surface area contributed by atoms with Gasteiger partial charge in [-0.3, -0.25) is 4.79 Å². The van der Waals surface area contributed by atoms with Crippen molar-refractivity contribution in [1.29, 1.82) is 0 Å². The molecule has 1 fully saturated rings. The number of rotatable bonds is 2. The maximum atomic E-state index is 10.7. The van der Waals surface area contributed by atoms with E-state index in [9.17, 15) is 4.79 Å². The van der Waals surface area contributed by atoms with Crippen molar-refractivity contribution in [3.05, 3.63) is 6.42 Å². The molecule has 0 atom stereocenters. The van der Waals surface area contributed by atoms with Gasteiger partial charge in [-0.05, 0) is 19.3 Å². The minimum atomic E-state index is 0.174. The number of carbonyl (C=O) groups excluding carboxylic acids is 1. The van der Waals surface area contributed by atoms with Crippen LogP contribution in [-0.2, 0) is 4.79 Å². The predicted molar refractivity (Wildman–Crippen MR) is 35.8 cm³/mol. The van der Waals surface area contributed by atoms with Gasteiger partial charge in [-0.25, -0.2) is 0 Å². The lowest BCUT2D eigenvalue weighted by Gasteiger charge is -2.25. The summed E-state index contributed by atoms with van der Waals surface area (Å²) in [6.07, 6.45) is 4.91. The summed E-state index contributed by atoms with van der Waals surface area (Å²) in [6, 6.07) is 0.456. The summed E-state index contributed by atoms with van der Waals surface area (Å²) in [5, 5.41) is 2.90. The molecular formula is C7H12NO. The summed E-state index contributed by atoms with van der Waals surface area (Å²) in [4.78, 5) is 10.7. The van der Waals surface area contributed by atoms with Crippen molar-refractivity contribution in [1.82, 2.24) is 5.32 Å². The fourth-order valence-corrected chi connectivity index (χ4v) is 0.781. The van der Waals surface area contributed by atoms with Crippen LogP contribution in [0.5, 0.6) is 0 Å². The first-order valence-electron chi connectivity index (χ1n) is 3.44. The number of amides is 1. The molecule has 0 heterocycles. The van der Waals surface area contributed by atoms with Crippen LogP contribution in [0.4, 0.5) is 0 Å². The van der Waals surface area contributed by atoms with Gasteiger partial charge in [0.05, 0.1) is 0 Å². The van der Waals surface area contributed by atoms with Crippen LogP contribution in [0.3, 0.4) is 0 Å². The van der Waals surface area contributed by atoms with Gasteiger partial charge in [0.1, 0.15) is 0 Å². The van der Waals surface area contributed by atoms with Gasteiger partial charge in [0.2, 0.25) is 5.91 Å². The number of carbonyl (C=O) groups is 1. The molecule has 1 rings (SSSR count). The maximum absolute atomic E-state index is 10.7. The van der Waals surface area contributed by atoms with Gasteiger partial charge in [-0.2, -0.15) is 0 Å². The first kappa shape index (κ1) is 6.59. The third kappa shape index (κ3) is 1.70. The highest BCUT2D eigenvalue weighted by Gasteiger charge is 2.18. The third-order valence-electron chi connectivity index (χ3n) is 1.59. The minimum Gasteiger partial charge on any atom is -0.353 e. The van der Waals surface area contributed by atoms with E-state index in [-0.39, 0.29) is 5.91 Å². The fourth-order valence-electron chi connectivity index (χ4n) is 0.781. The van der Waals surface area contributed by atoms with Crippen molar-refractivity contribution >= 4 is 5.91 Å². The number of nitrogens with one attached hydrogen (secondary N) is 1. The molecule has 0 aromatic heterocycles. The second-order valence-corrected chi connectivity index (χ2v) is 2.38. The fraction of sp³-hybridized carbons (Fsp3) is 0.714. The monoisotopic (exact) mass is 126 g/mol. The van der Waals surface area contributed by atoms with E-state index in [0.717, 1.165) is 12.8 Å². The first-order chi connectivity index (χ1) is 4.33. The standard InChI is InChI=1S/C7H12NO/c1-2-7(9)8-6-4-3-5-6/h3,6H,2,4-5H2,1H3,(H,8,9). The van der Waals surface area contributed by atoms with E-state index in [1.807, 2.05) is 6.92 Å². The molecule has 1 aliphatic rings. The Bertz CT molecular complexity index is 107. The lowest BCUT2D eigenvalue weighted by atomic mass is 9.93. The summed E-state index contributed by atoms with van der Waals surface area (Å²) >= 11 is 0. The molecule has 0 aromatic carbocycles. The van der Waals surface area contributed by atoms with Crippen molar-refractivity contribution < 1.29 is 4.79 Å². The first-order valence-corrected chi connectivity index (χ1v) is 3.44. The maximum Gasteiger partial charge on any atom is 0.219 e. The van der Waals surface area contributed by atoms with Gasteiger partial charge < -0.3 is 5.32 Å². The summed E-state index contributed by atoms with van der Waals surface area (Å²) in [6.45, 7) is 1.87. The van der Waals surface area contributed by atoms with Crippen LogP contribution in [-0.4, -0.2) is 11.9 Å². The molecule has 1 aliphatic carbocycles. The van der Waals surface area contributed by atoms with E-state index >= 15 is 0 Å². The Kier molecular flexibility index (Phi) is 2.09. The average Bonchev–Trinajstić information content (AvgIpc) is 1.78. The molecule has 0 saturated heterocycles. The van der Waals surface area contributed by atoms with Crippen LogP contribution in [0, 0.1) is 6.42 Å². The Hall–Kier alpha value is -0.530. The molecule has 1 radical (unpaired) electrons. The Morgan fingerprint density at radius 1 is 1.78 bits per heavy atom. The smallest absolute Gasteiger partial charge is 0.219 e. The second kappa shape index (κ2) is 2.85. The molecule has 2 heteroatoms. The third-order valence-corrected chi connectivity index (χ3v) is 1.59. The van der Waals surface area contributed by atoms with Crippen LogP contribution in [0.15, 0.2) is 0 Å². The lowest BCUT2D eigenvalue weighted by molar-refractivity contribution is -0.121. The summed E-state index contributed by atoms with van der Waals surface area (Å²) < 4.78 is 0. The zero-order valence-electron chi connectivity index (χ0n) is 5.68. The zero-order chi connectivity index (χ0) is 6.69. The highest BCUT2D eigenvalue weighted by molar-refractivity contribution is 5.75. The second-order valence-electron chi connectivity index (χ2n) is 2.38. The van der Waals surface area contributed by atoms with Crippen LogP contribution in [0.2, 0.25) is 0 Å². The molecule has 1 saturated carbocycles. The minimum absolute atomic E-state index is 0.174. The Balaban J connectivity index is 2.09. The average molecular weight is 126 g/mol. The van der Waals surface area contributed by atoms with Gasteiger partial charge in [-0.1, -0.05) is 6.92 Å². The molecule has 51 valence electrons. The van der Waals surface area contributed by atoms with Crippen LogP contribution < -0.4 is 5.32 Å². The SMILES string of the molecule is CCC(=O)NC1C[CH]C1. The Morgan fingerprint density at radius 2 is 2.44 bits per heavy atom. The number of hydrogen-bond donors (Lipinski definition) is 1. The van der Waals surface area contributed by atoms with Gasteiger partial charge in [0.25, 0.3) is 0 Å². The Labute approximate surface area is 55.6 Å². The molecule has 0 spiro atoms. The molecule has 9 heavy (non-hydrogen) atoms. The largest absolute Gasteiger partial charge is 0.353 e. The zero-order valence-corrected chi connectivity index (χ0v) is 5.68. The topological polar surface area (TPSA) is 29.1 Å². The number of hydrogen-bond acceptors (Lipinski definition) is 1. The quantitative estimate of drug-likeness (QED) is 0.584. The van der Waals surface area contributed by atoms with E-state index < -0.39 is 0 Å². The van der Waals surface area contributed by atoms with Crippen molar-refractivity contribution in [2.45, 2.75) is 32.2 Å². The van der Waals surface area contributed by atoms with Crippen LogP contribution in [0.1, 0.15) is 26.2 Å². The lowest BCUT2D eigenvalue weighted by Crippen LogP contribution is -2.39. The molecule has 1 amide bonds. The Morgan fingerprint density at radius 3 is 2.78 bits per heavy atom. The van der Waals surface area contributed by atoms with Gasteiger partial charge >= 0.3 is 0 Å². The van der Waals surface area contributed by atoms with Crippen molar-refractivity contribution in [3.63, 3.8) is 0 Å². The molecule has 0 aliphatic heterocycles.